The van der Waals surface area contributed by atoms with Crippen molar-refractivity contribution < 1.29 is 4.79 Å². The monoisotopic (exact) mass is 443 g/mol. The van der Waals surface area contributed by atoms with Crippen LogP contribution in [-0.2, 0) is 11.3 Å². The van der Waals surface area contributed by atoms with Crippen LogP contribution >= 0.6 is 23.1 Å². The van der Waals surface area contributed by atoms with Crippen molar-refractivity contribution in [3.8, 4) is 0 Å². The van der Waals surface area contributed by atoms with Crippen molar-refractivity contribution >= 4 is 39.2 Å². The Bertz CT molecular complexity index is 1100. The number of benzene rings is 1. The normalized spacial score (nSPS) is 12.5. The summed E-state index contributed by atoms with van der Waals surface area (Å²) >= 11 is 2.91. The van der Waals surface area contributed by atoms with Crippen LogP contribution in [0.3, 0.4) is 0 Å². The molecule has 0 N–H and O–H groups in total. The highest BCUT2D eigenvalue weighted by atomic mass is 32.2. The minimum absolute atomic E-state index is 0.0179. The topological polar surface area (TPSA) is 55.2 Å². The summed E-state index contributed by atoms with van der Waals surface area (Å²) in [5.74, 6) is 0.0505. The van der Waals surface area contributed by atoms with Crippen molar-refractivity contribution in [3.05, 3.63) is 56.7 Å². The summed E-state index contributed by atoms with van der Waals surface area (Å²) in [6, 6.07) is 9.96. The van der Waals surface area contributed by atoms with Gasteiger partial charge in [0.1, 0.15) is 4.83 Å². The number of carbonyl (C=O) groups is 1. The minimum atomic E-state index is -0.342. The number of rotatable bonds is 7. The molecule has 0 saturated heterocycles. The Hall–Kier alpha value is -2.12. The number of carbonyl (C=O) groups excluding carboxylic acids is 1. The molecule has 2 heterocycles. The fraction of sp³-hybridized carbons (Fsp3) is 0.435. The molecule has 0 aliphatic carbocycles. The van der Waals surface area contributed by atoms with E-state index in [0.717, 1.165) is 20.8 Å². The van der Waals surface area contributed by atoms with E-state index < -0.39 is 0 Å². The summed E-state index contributed by atoms with van der Waals surface area (Å²) in [6.07, 6.45) is 0. The maximum Gasteiger partial charge on any atom is 0.263 e. The van der Waals surface area contributed by atoms with E-state index >= 15 is 0 Å². The molecule has 0 aliphatic rings. The van der Waals surface area contributed by atoms with Crippen LogP contribution in [0.4, 0.5) is 0 Å². The Kier molecular flexibility index (Phi) is 7.03. The van der Waals surface area contributed by atoms with Gasteiger partial charge in [-0.25, -0.2) is 4.98 Å². The summed E-state index contributed by atoms with van der Waals surface area (Å²) in [7, 11) is 0. The molecule has 3 aromatic rings. The van der Waals surface area contributed by atoms with Gasteiger partial charge in [0.2, 0.25) is 5.91 Å². The van der Waals surface area contributed by atoms with Crippen molar-refractivity contribution in [1.29, 1.82) is 0 Å². The predicted molar refractivity (Wildman–Crippen MR) is 127 cm³/mol. The Morgan fingerprint density at radius 2 is 1.87 bits per heavy atom. The second-order valence-electron chi connectivity index (χ2n) is 7.72. The molecule has 30 heavy (non-hydrogen) atoms. The summed E-state index contributed by atoms with van der Waals surface area (Å²) < 4.78 is 1.73. The molecule has 1 aromatic carbocycles. The molecule has 0 aliphatic heterocycles. The second kappa shape index (κ2) is 9.35. The van der Waals surface area contributed by atoms with Gasteiger partial charge >= 0.3 is 0 Å². The SMILES string of the molecule is CCN(Cc1ccccc1)C(=O)[C@@H](C)Sc1nc2sc(C)c(C)c2c(=O)n1C(C)C. The molecular formula is C23H29N3O2S2. The molecule has 0 spiro atoms. The van der Waals surface area contributed by atoms with Gasteiger partial charge in [-0.05, 0) is 52.7 Å². The van der Waals surface area contributed by atoms with E-state index in [1.807, 2.05) is 76.8 Å². The lowest BCUT2D eigenvalue weighted by Crippen LogP contribution is -2.36. The molecule has 0 fully saturated rings. The van der Waals surface area contributed by atoms with Crippen molar-refractivity contribution in [2.45, 2.75) is 64.5 Å². The standard InChI is InChI=1S/C23H29N3O2S2/c1-7-25(13-18-11-9-8-10-12-18)21(27)17(6)30-23-24-20-19(15(4)16(5)29-20)22(28)26(23)14(2)3/h8-12,14,17H,7,13H2,1-6H3/t17-/m1/s1. The molecule has 0 radical (unpaired) electrons. The number of fused-ring (bicyclic) bond motifs is 1. The van der Waals surface area contributed by atoms with Crippen LogP contribution in [0.25, 0.3) is 10.2 Å². The van der Waals surface area contributed by atoms with Crippen LogP contribution in [0.1, 0.15) is 49.7 Å². The van der Waals surface area contributed by atoms with E-state index in [0.29, 0.717) is 23.6 Å². The lowest BCUT2D eigenvalue weighted by Gasteiger charge is -2.25. The molecule has 1 atom stereocenters. The zero-order valence-corrected chi connectivity index (χ0v) is 20.1. The van der Waals surface area contributed by atoms with Crippen LogP contribution in [0.5, 0.6) is 0 Å². The third-order valence-electron chi connectivity index (χ3n) is 5.26. The van der Waals surface area contributed by atoms with E-state index in [4.69, 9.17) is 4.98 Å². The smallest absolute Gasteiger partial charge is 0.263 e. The molecule has 160 valence electrons. The Morgan fingerprint density at radius 3 is 2.47 bits per heavy atom. The van der Waals surface area contributed by atoms with Gasteiger partial charge < -0.3 is 4.90 Å². The van der Waals surface area contributed by atoms with Crippen LogP contribution in [-0.4, -0.2) is 32.2 Å². The number of amides is 1. The average molecular weight is 444 g/mol. The number of aryl methyl sites for hydroxylation is 2. The van der Waals surface area contributed by atoms with Crippen molar-refractivity contribution in [3.63, 3.8) is 0 Å². The molecule has 3 rings (SSSR count). The van der Waals surface area contributed by atoms with Crippen molar-refractivity contribution in [1.82, 2.24) is 14.5 Å². The Labute approximate surface area is 186 Å². The van der Waals surface area contributed by atoms with Crippen LogP contribution in [0.2, 0.25) is 0 Å². The number of thiophene rings is 1. The van der Waals surface area contributed by atoms with Gasteiger partial charge in [-0.15, -0.1) is 11.3 Å². The fourth-order valence-corrected chi connectivity index (χ4v) is 5.64. The third-order valence-corrected chi connectivity index (χ3v) is 7.41. The molecule has 1 amide bonds. The summed E-state index contributed by atoms with van der Waals surface area (Å²) in [4.78, 5) is 34.9. The summed E-state index contributed by atoms with van der Waals surface area (Å²) in [6.45, 7) is 13.0. The first kappa shape index (κ1) is 22.6. The van der Waals surface area contributed by atoms with E-state index in [-0.39, 0.29) is 22.8 Å². The number of aromatic nitrogens is 2. The zero-order chi connectivity index (χ0) is 22.0. The first-order valence-electron chi connectivity index (χ1n) is 10.3. The first-order valence-corrected chi connectivity index (χ1v) is 12.0. The first-order chi connectivity index (χ1) is 14.2. The largest absolute Gasteiger partial charge is 0.338 e. The molecular weight excluding hydrogens is 414 g/mol. The maximum atomic E-state index is 13.2. The van der Waals surface area contributed by atoms with Crippen LogP contribution in [0, 0.1) is 13.8 Å². The molecule has 0 bridgehead atoms. The van der Waals surface area contributed by atoms with Gasteiger partial charge in [0.25, 0.3) is 5.56 Å². The van der Waals surface area contributed by atoms with E-state index in [9.17, 15) is 9.59 Å². The molecule has 0 unspecified atom stereocenters. The predicted octanol–water partition coefficient (Wildman–Crippen LogP) is 5.19. The van der Waals surface area contributed by atoms with Crippen molar-refractivity contribution in [2.24, 2.45) is 0 Å². The highest BCUT2D eigenvalue weighted by molar-refractivity contribution is 8.00. The van der Waals surface area contributed by atoms with Gasteiger partial charge in [-0.2, -0.15) is 0 Å². The van der Waals surface area contributed by atoms with E-state index in [1.165, 1.54) is 11.8 Å². The highest BCUT2D eigenvalue weighted by Gasteiger charge is 2.25. The fourth-order valence-electron chi connectivity index (χ4n) is 3.44. The third kappa shape index (κ3) is 4.47. The molecule has 0 saturated carbocycles. The van der Waals surface area contributed by atoms with Gasteiger partial charge in [0.05, 0.1) is 10.6 Å². The number of hydrogen-bond donors (Lipinski definition) is 0. The van der Waals surface area contributed by atoms with Gasteiger partial charge in [0, 0.05) is 24.0 Å². The highest BCUT2D eigenvalue weighted by Crippen LogP contribution is 2.31. The van der Waals surface area contributed by atoms with Gasteiger partial charge in [-0.1, -0.05) is 42.1 Å². The molecule has 7 heteroatoms. The zero-order valence-electron chi connectivity index (χ0n) is 18.4. The van der Waals surface area contributed by atoms with E-state index in [1.54, 1.807) is 15.9 Å². The van der Waals surface area contributed by atoms with Gasteiger partial charge in [0.15, 0.2) is 5.16 Å². The number of nitrogens with zero attached hydrogens (tertiary/aromatic N) is 3. The number of thioether (sulfide) groups is 1. The van der Waals surface area contributed by atoms with Crippen molar-refractivity contribution in [2.75, 3.05) is 6.54 Å². The minimum Gasteiger partial charge on any atom is -0.338 e. The van der Waals surface area contributed by atoms with Crippen LogP contribution in [0.15, 0.2) is 40.3 Å². The lowest BCUT2D eigenvalue weighted by atomic mass is 10.2. The Morgan fingerprint density at radius 1 is 1.20 bits per heavy atom. The van der Waals surface area contributed by atoms with Gasteiger partial charge in [-0.3, -0.25) is 14.2 Å². The Balaban J connectivity index is 1.91. The number of hydrogen-bond acceptors (Lipinski definition) is 5. The lowest BCUT2D eigenvalue weighted by molar-refractivity contribution is -0.130. The average Bonchev–Trinajstić information content (AvgIpc) is 2.99. The maximum absolute atomic E-state index is 13.2. The summed E-state index contributed by atoms with van der Waals surface area (Å²) in [5, 5.41) is 0.972. The quantitative estimate of drug-likeness (QED) is 0.373. The van der Waals surface area contributed by atoms with Crippen LogP contribution < -0.4 is 5.56 Å². The molecule has 2 aromatic heterocycles. The van der Waals surface area contributed by atoms with E-state index in [2.05, 4.69) is 0 Å². The second-order valence-corrected chi connectivity index (χ2v) is 10.2. The molecule has 5 nitrogen and oxygen atoms in total. The summed E-state index contributed by atoms with van der Waals surface area (Å²) in [5.41, 5.74) is 2.09.